The molecule has 0 amide bonds. The largest absolute Gasteiger partial charge is 0.512 e. The van der Waals surface area contributed by atoms with Gasteiger partial charge in [0, 0.05) is 11.5 Å². The van der Waals surface area contributed by atoms with E-state index in [0.717, 1.165) is 32.1 Å². The second-order valence-corrected chi connectivity index (χ2v) is 5.46. The molecule has 1 unspecified atom stereocenters. The molecule has 4 heteroatoms. The molecule has 1 aromatic carbocycles. The van der Waals surface area contributed by atoms with Crippen LogP contribution in [0.1, 0.15) is 44.6 Å². The maximum atomic E-state index is 11.9. The normalized spacial score (nSPS) is 17.7. The highest BCUT2D eigenvalue weighted by Gasteiger charge is 2.43. The molecule has 118 valence electrons. The molecule has 0 heterocycles. The predicted octanol–water partition coefficient (Wildman–Crippen LogP) is 3.59. The van der Waals surface area contributed by atoms with Crippen molar-refractivity contribution in [2.75, 3.05) is 6.61 Å². The van der Waals surface area contributed by atoms with Crippen LogP contribution < -0.4 is 0 Å². The van der Waals surface area contributed by atoms with E-state index in [1.165, 1.54) is 0 Å². The zero-order valence-electron chi connectivity index (χ0n) is 12.9. The minimum absolute atomic E-state index is 0.0368. The van der Waals surface area contributed by atoms with Gasteiger partial charge >= 0.3 is 6.16 Å². The summed E-state index contributed by atoms with van der Waals surface area (Å²) in [5.41, 5.74) is 0.584. The first-order chi connectivity index (χ1) is 10.7. The molecule has 4 nitrogen and oxygen atoms in total. The summed E-state index contributed by atoms with van der Waals surface area (Å²) in [4.78, 5) is 11.9. The molecular formula is C18H22O4. The van der Waals surface area contributed by atoms with Gasteiger partial charge in [0.2, 0.25) is 5.79 Å². The molecule has 0 spiro atoms. The third-order valence-corrected chi connectivity index (χ3v) is 4.02. The van der Waals surface area contributed by atoms with Crippen LogP contribution in [-0.2, 0) is 15.3 Å². The van der Waals surface area contributed by atoms with E-state index in [0.29, 0.717) is 5.56 Å². The van der Waals surface area contributed by atoms with Gasteiger partial charge in [0.15, 0.2) is 6.61 Å². The first-order valence-corrected chi connectivity index (χ1v) is 7.70. The molecule has 0 saturated heterocycles. The number of carbonyl (C=O) groups excluding carboxylic acids is 1. The van der Waals surface area contributed by atoms with Crippen LogP contribution in [0, 0.1) is 17.8 Å². The van der Waals surface area contributed by atoms with E-state index in [1.807, 2.05) is 18.2 Å². The highest BCUT2D eigenvalue weighted by molar-refractivity contribution is 5.61. The summed E-state index contributed by atoms with van der Waals surface area (Å²) in [5, 5.41) is 11.1. The molecule has 0 aliphatic heterocycles. The van der Waals surface area contributed by atoms with Crippen LogP contribution in [0.3, 0.4) is 0 Å². The summed E-state index contributed by atoms with van der Waals surface area (Å²) in [5.74, 6) is 3.51. The molecular weight excluding hydrogens is 280 g/mol. The Bertz CT molecular complexity index is 537. The van der Waals surface area contributed by atoms with Crippen LogP contribution >= 0.6 is 0 Å². The average Bonchev–Trinajstić information content (AvgIpc) is 2.56. The van der Waals surface area contributed by atoms with E-state index in [9.17, 15) is 9.90 Å². The van der Waals surface area contributed by atoms with Crippen molar-refractivity contribution in [3.05, 3.63) is 35.9 Å². The number of rotatable bonds is 4. The molecule has 0 radical (unpaired) electrons. The van der Waals surface area contributed by atoms with Gasteiger partial charge in [-0.25, -0.2) is 4.79 Å². The van der Waals surface area contributed by atoms with Gasteiger partial charge in [-0.2, -0.15) is 0 Å². The first-order valence-electron chi connectivity index (χ1n) is 7.70. The fourth-order valence-electron chi connectivity index (χ4n) is 2.87. The number of benzene rings is 1. The van der Waals surface area contributed by atoms with Gasteiger partial charge < -0.3 is 14.6 Å². The minimum Gasteiger partial charge on any atom is -0.421 e. The second kappa shape index (κ2) is 7.86. The monoisotopic (exact) mass is 302 g/mol. The summed E-state index contributed by atoms with van der Waals surface area (Å²) < 4.78 is 10.2. The third kappa shape index (κ3) is 4.02. The number of hydrogen-bond donors (Lipinski definition) is 1. The van der Waals surface area contributed by atoms with E-state index in [2.05, 4.69) is 11.8 Å². The fraction of sp³-hybridized carbons (Fsp3) is 0.500. The lowest BCUT2D eigenvalue weighted by atomic mass is 9.80. The van der Waals surface area contributed by atoms with E-state index in [1.54, 1.807) is 19.1 Å². The van der Waals surface area contributed by atoms with Crippen LogP contribution in [-0.4, -0.2) is 17.9 Å². The topological polar surface area (TPSA) is 55.8 Å². The molecule has 1 atom stereocenters. The third-order valence-electron chi connectivity index (χ3n) is 4.02. The Balaban J connectivity index is 2.17. The lowest BCUT2D eigenvalue weighted by molar-refractivity contribution is -0.226. The quantitative estimate of drug-likeness (QED) is 0.524. The number of ether oxygens (including phenoxy) is 2. The van der Waals surface area contributed by atoms with Gasteiger partial charge in [0.05, 0.1) is 0 Å². The zero-order chi connectivity index (χ0) is 15.8. The molecule has 0 aromatic heterocycles. The average molecular weight is 302 g/mol. The number of aliphatic hydroxyl groups is 1. The van der Waals surface area contributed by atoms with Gasteiger partial charge in [-0.05, 0) is 19.8 Å². The van der Waals surface area contributed by atoms with Crippen molar-refractivity contribution in [2.45, 2.75) is 44.8 Å². The summed E-state index contributed by atoms with van der Waals surface area (Å²) in [6.45, 7) is 1.63. The van der Waals surface area contributed by atoms with Crippen LogP contribution in [0.25, 0.3) is 0 Å². The summed E-state index contributed by atoms with van der Waals surface area (Å²) in [6, 6.07) is 9.04. The number of carbonyl (C=O) groups is 1. The van der Waals surface area contributed by atoms with E-state index < -0.39 is 11.9 Å². The SMILES string of the molecule is CC#CCOC(=O)OC(O)(c1ccccc1)C1CCCCC1. The maximum absolute atomic E-state index is 11.9. The molecule has 1 N–H and O–H groups in total. The first kappa shape index (κ1) is 16.4. The molecule has 1 fully saturated rings. The Hall–Kier alpha value is -1.99. The molecule has 1 aliphatic rings. The lowest BCUT2D eigenvalue weighted by Gasteiger charge is -2.37. The van der Waals surface area contributed by atoms with Gasteiger partial charge in [0.1, 0.15) is 0 Å². The van der Waals surface area contributed by atoms with E-state index in [4.69, 9.17) is 9.47 Å². The van der Waals surface area contributed by atoms with Crippen LogP contribution in [0.5, 0.6) is 0 Å². The Labute approximate surface area is 131 Å². The smallest absolute Gasteiger partial charge is 0.421 e. The fourth-order valence-corrected chi connectivity index (χ4v) is 2.87. The standard InChI is InChI=1S/C18H22O4/c1-2-3-14-21-17(19)22-18(20,15-10-6-4-7-11-15)16-12-8-5-9-13-16/h4,6-7,10-11,16,20H,5,8-9,12-14H2,1H3. The minimum atomic E-state index is -1.64. The molecule has 2 rings (SSSR count). The lowest BCUT2D eigenvalue weighted by Crippen LogP contribution is -2.41. The Morgan fingerprint density at radius 1 is 1.27 bits per heavy atom. The molecule has 1 aromatic rings. The van der Waals surface area contributed by atoms with Crippen molar-refractivity contribution in [3.8, 4) is 11.8 Å². The van der Waals surface area contributed by atoms with Crippen LogP contribution in [0.4, 0.5) is 4.79 Å². The van der Waals surface area contributed by atoms with Gasteiger partial charge in [-0.3, -0.25) is 0 Å². The van der Waals surface area contributed by atoms with Crippen molar-refractivity contribution >= 4 is 6.16 Å². The van der Waals surface area contributed by atoms with Crippen molar-refractivity contribution in [2.24, 2.45) is 5.92 Å². The maximum Gasteiger partial charge on any atom is 0.512 e. The molecule has 1 aliphatic carbocycles. The van der Waals surface area contributed by atoms with E-state index >= 15 is 0 Å². The van der Waals surface area contributed by atoms with Crippen molar-refractivity contribution < 1.29 is 19.4 Å². The Morgan fingerprint density at radius 2 is 1.95 bits per heavy atom. The van der Waals surface area contributed by atoms with Gasteiger partial charge in [-0.15, -0.1) is 5.92 Å². The predicted molar refractivity (Wildman–Crippen MR) is 82.8 cm³/mol. The highest BCUT2D eigenvalue weighted by atomic mass is 16.8. The second-order valence-electron chi connectivity index (χ2n) is 5.46. The molecule has 22 heavy (non-hydrogen) atoms. The van der Waals surface area contributed by atoms with Crippen molar-refractivity contribution in [3.63, 3.8) is 0 Å². The Kier molecular flexibility index (Phi) is 5.85. The Morgan fingerprint density at radius 3 is 2.59 bits per heavy atom. The van der Waals surface area contributed by atoms with Crippen LogP contribution in [0.15, 0.2) is 30.3 Å². The summed E-state index contributed by atoms with van der Waals surface area (Å²) in [7, 11) is 0. The van der Waals surface area contributed by atoms with Gasteiger partial charge in [0.25, 0.3) is 0 Å². The van der Waals surface area contributed by atoms with Crippen LogP contribution in [0.2, 0.25) is 0 Å². The van der Waals surface area contributed by atoms with E-state index in [-0.39, 0.29) is 12.5 Å². The van der Waals surface area contributed by atoms with Gasteiger partial charge in [-0.1, -0.05) is 55.5 Å². The molecule has 1 saturated carbocycles. The van der Waals surface area contributed by atoms with Crippen molar-refractivity contribution in [1.82, 2.24) is 0 Å². The number of hydrogen-bond acceptors (Lipinski definition) is 4. The zero-order valence-corrected chi connectivity index (χ0v) is 12.9. The van der Waals surface area contributed by atoms with Crippen molar-refractivity contribution in [1.29, 1.82) is 0 Å². The summed E-state index contributed by atoms with van der Waals surface area (Å²) >= 11 is 0. The molecule has 0 bridgehead atoms. The summed E-state index contributed by atoms with van der Waals surface area (Å²) in [6.07, 6.45) is 3.97. The highest BCUT2D eigenvalue weighted by Crippen LogP contribution is 2.40.